The molecule has 0 bridgehead atoms. The average Bonchev–Trinajstić information content (AvgIpc) is 2.33. The molecule has 1 saturated carbocycles. The van der Waals surface area contributed by atoms with Crippen LogP contribution in [-0.4, -0.2) is 29.8 Å². The van der Waals surface area contributed by atoms with E-state index in [0.717, 1.165) is 37.1 Å². The number of hydrogen-bond donors (Lipinski definition) is 2. The summed E-state index contributed by atoms with van der Waals surface area (Å²) in [6.45, 7) is 3.52. The van der Waals surface area contributed by atoms with Crippen LogP contribution in [0, 0.1) is 0 Å². The highest BCUT2D eigenvalue weighted by atomic mass is 16.5. The highest BCUT2D eigenvalue weighted by Crippen LogP contribution is 2.23. The molecule has 0 radical (unpaired) electrons. The number of carboxylic acid groups (broad SMARTS) is 1. The maximum absolute atomic E-state index is 10.8. The van der Waals surface area contributed by atoms with Gasteiger partial charge in [-0.3, -0.25) is 4.79 Å². The van der Waals surface area contributed by atoms with Crippen LogP contribution < -0.4 is 5.32 Å². The van der Waals surface area contributed by atoms with Crippen molar-refractivity contribution < 1.29 is 14.6 Å². The van der Waals surface area contributed by atoms with Crippen LogP contribution in [-0.2, 0) is 22.5 Å². The Kier molecular flexibility index (Phi) is 4.93. The van der Waals surface area contributed by atoms with Gasteiger partial charge < -0.3 is 15.2 Å². The minimum Gasteiger partial charge on any atom is -0.481 e. The molecule has 2 N–H and O–H groups in total. The molecule has 0 saturated heterocycles. The van der Waals surface area contributed by atoms with E-state index in [1.807, 2.05) is 31.2 Å². The van der Waals surface area contributed by atoms with Crippen molar-refractivity contribution in [2.75, 3.05) is 6.61 Å². The van der Waals surface area contributed by atoms with Gasteiger partial charge in [-0.1, -0.05) is 24.3 Å². The van der Waals surface area contributed by atoms with Gasteiger partial charge >= 0.3 is 5.97 Å². The van der Waals surface area contributed by atoms with E-state index < -0.39 is 5.97 Å². The molecule has 0 spiro atoms. The van der Waals surface area contributed by atoms with Gasteiger partial charge in [-0.05, 0) is 30.9 Å². The third-order valence-corrected chi connectivity index (χ3v) is 3.54. The summed E-state index contributed by atoms with van der Waals surface area (Å²) in [6.07, 6.45) is 2.59. The van der Waals surface area contributed by atoms with Gasteiger partial charge in [-0.15, -0.1) is 0 Å². The van der Waals surface area contributed by atoms with E-state index in [9.17, 15) is 4.79 Å². The van der Waals surface area contributed by atoms with Gasteiger partial charge in [0.15, 0.2) is 0 Å². The lowest BCUT2D eigenvalue weighted by atomic mass is 9.89. The van der Waals surface area contributed by atoms with Crippen LogP contribution in [0.5, 0.6) is 0 Å². The summed E-state index contributed by atoms with van der Waals surface area (Å²) in [6, 6.07) is 8.20. The molecule has 0 aliphatic heterocycles. The minimum absolute atomic E-state index is 0.0874. The van der Waals surface area contributed by atoms with E-state index in [2.05, 4.69) is 5.32 Å². The van der Waals surface area contributed by atoms with Gasteiger partial charge in [0.05, 0.1) is 12.5 Å². The SMILES string of the molecule is CCOC1CC(NCc2ccccc2CC(=O)O)C1. The second kappa shape index (κ2) is 6.68. The standard InChI is InChI=1S/C15H21NO3/c1-2-19-14-8-13(9-14)16-10-12-6-4-3-5-11(12)7-15(17)18/h3-6,13-14,16H,2,7-10H2,1H3,(H,17,18). The Labute approximate surface area is 113 Å². The summed E-state index contributed by atoms with van der Waals surface area (Å²) < 4.78 is 5.52. The summed E-state index contributed by atoms with van der Waals surface area (Å²) in [5.41, 5.74) is 1.97. The monoisotopic (exact) mass is 263 g/mol. The molecule has 2 rings (SSSR count). The molecule has 1 aromatic carbocycles. The third-order valence-electron chi connectivity index (χ3n) is 3.54. The van der Waals surface area contributed by atoms with Gasteiger partial charge in [-0.25, -0.2) is 0 Å². The summed E-state index contributed by atoms with van der Waals surface area (Å²) in [5, 5.41) is 12.3. The van der Waals surface area contributed by atoms with Crippen molar-refractivity contribution >= 4 is 5.97 Å². The van der Waals surface area contributed by atoms with Crippen molar-refractivity contribution in [3.63, 3.8) is 0 Å². The largest absolute Gasteiger partial charge is 0.481 e. The van der Waals surface area contributed by atoms with Crippen molar-refractivity contribution in [3.05, 3.63) is 35.4 Å². The average molecular weight is 263 g/mol. The summed E-state index contributed by atoms with van der Waals surface area (Å²) in [4.78, 5) is 10.8. The highest BCUT2D eigenvalue weighted by molar-refractivity contribution is 5.70. The van der Waals surface area contributed by atoms with E-state index in [-0.39, 0.29) is 6.42 Å². The lowest BCUT2D eigenvalue weighted by Gasteiger charge is -2.35. The van der Waals surface area contributed by atoms with Gasteiger partial charge in [0.1, 0.15) is 0 Å². The van der Waals surface area contributed by atoms with Crippen LogP contribution in [0.25, 0.3) is 0 Å². The van der Waals surface area contributed by atoms with Crippen LogP contribution in [0.3, 0.4) is 0 Å². The molecule has 0 heterocycles. The van der Waals surface area contributed by atoms with Crippen LogP contribution in [0.2, 0.25) is 0 Å². The fourth-order valence-corrected chi connectivity index (χ4v) is 2.42. The first-order valence-corrected chi connectivity index (χ1v) is 6.82. The predicted octanol–water partition coefficient (Wildman–Crippen LogP) is 1.97. The van der Waals surface area contributed by atoms with Gasteiger partial charge in [0.25, 0.3) is 0 Å². The van der Waals surface area contributed by atoms with Gasteiger partial charge in [0, 0.05) is 19.2 Å². The molecule has 19 heavy (non-hydrogen) atoms. The third kappa shape index (κ3) is 4.04. The smallest absolute Gasteiger partial charge is 0.307 e. The molecule has 1 aliphatic rings. The van der Waals surface area contributed by atoms with Crippen molar-refractivity contribution in [3.8, 4) is 0 Å². The number of rotatable bonds is 7. The number of carboxylic acids is 1. The molecular weight excluding hydrogens is 242 g/mol. The van der Waals surface area contributed by atoms with Crippen molar-refractivity contribution in [1.82, 2.24) is 5.32 Å². The van der Waals surface area contributed by atoms with E-state index in [0.29, 0.717) is 12.1 Å². The topological polar surface area (TPSA) is 58.6 Å². The van der Waals surface area contributed by atoms with Crippen LogP contribution in [0.1, 0.15) is 30.9 Å². The Balaban J connectivity index is 1.81. The number of hydrogen-bond acceptors (Lipinski definition) is 3. The number of nitrogens with one attached hydrogen (secondary N) is 1. The zero-order valence-electron chi connectivity index (χ0n) is 11.3. The van der Waals surface area contributed by atoms with E-state index in [4.69, 9.17) is 9.84 Å². The summed E-state index contributed by atoms with van der Waals surface area (Å²) >= 11 is 0. The molecule has 0 atom stereocenters. The molecular formula is C15H21NO3. The molecule has 1 aliphatic carbocycles. The number of carbonyl (C=O) groups is 1. The Morgan fingerprint density at radius 3 is 2.68 bits per heavy atom. The predicted molar refractivity (Wildman–Crippen MR) is 73.1 cm³/mol. The maximum atomic E-state index is 10.8. The fourth-order valence-electron chi connectivity index (χ4n) is 2.42. The number of aliphatic carboxylic acids is 1. The molecule has 4 nitrogen and oxygen atoms in total. The first-order valence-electron chi connectivity index (χ1n) is 6.82. The maximum Gasteiger partial charge on any atom is 0.307 e. The fraction of sp³-hybridized carbons (Fsp3) is 0.533. The second-order valence-corrected chi connectivity index (χ2v) is 4.97. The van der Waals surface area contributed by atoms with E-state index in [1.54, 1.807) is 0 Å². The Hall–Kier alpha value is -1.39. The normalized spacial score (nSPS) is 21.9. The highest BCUT2D eigenvalue weighted by Gasteiger charge is 2.28. The number of ether oxygens (including phenoxy) is 1. The van der Waals surface area contributed by atoms with E-state index in [1.165, 1.54) is 0 Å². The second-order valence-electron chi connectivity index (χ2n) is 4.97. The lowest BCUT2D eigenvalue weighted by Crippen LogP contribution is -2.45. The molecule has 4 heteroatoms. The Morgan fingerprint density at radius 2 is 2.05 bits per heavy atom. The summed E-state index contributed by atoms with van der Waals surface area (Å²) in [5.74, 6) is -0.785. The molecule has 0 amide bonds. The first-order chi connectivity index (χ1) is 9.19. The van der Waals surface area contributed by atoms with Crippen molar-refractivity contribution in [2.24, 2.45) is 0 Å². The Bertz CT molecular complexity index is 427. The minimum atomic E-state index is -0.785. The molecule has 0 aromatic heterocycles. The van der Waals surface area contributed by atoms with Crippen LogP contribution in [0.15, 0.2) is 24.3 Å². The van der Waals surface area contributed by atoms with Crippen molar-refractivity contribution in [1.29, 1.82) is 0 Å². The van der Waals surface area contributed by atoms with Gasteiger partial charge in [-0.2, -0.15) is 0 Å². The van der Waals surface area contributed by atoms with Crippen molar-refractivity contribution in [2.45, 2.75) is 44.9 Å². The molecule has 0 unspecified atom stereocenters. The van der Waals surface area contributed by atoms with Crippen LogP contribution >= 0.6 is 0 Å². The molecule has 1 aromatic rings. The first kappa shape index (κ1) is 14.0. The number of benzene rings is 1. The zero-order valence-corrected chi connectivity index (χ0v) is 11.3. The zero-order chi connectivity index (χ0) is 13.7. The van der Waals surface area contributed by atoms with Gasteiger partial charge in [0.2, 0.25) is 0 Å². The lowest BCUT2D eigenvalue weighted by molar-refractivity contribution is -0.136. The molecule has 104 valence electrons. The summed E-state index contributed by atoms with van der Waals surface area (Å²) in [7, 11) is 0. The van der Waals surface area contributed by atoms with E-state index >= 15 is 0 Å². The van der Waals surface area contributed by atoms with Crippen LogP contribution in [0.4, 0.5) is 0 Å². The quantitative estimate of drug-likeness (QED) is 0.789. The molecule has 1 fully saturated rings. The Morgan fingerprint density at radius 1 is 1.37 bits per heavy atom.